The number of likely N-dealkylation sites (tertiary alicyclic amines) is 1. The van der Waals surface area contributed by atoms with E-state index in [1.165, 1.54) is 5.56 Å². The minimum absolute atomic E-state index is 0.0230. The summed E-state index contributed by atoms with van der Waals surface area (Å²) in [7, 11) is 1.63. The summed E-state index contributed by atoms with van der Waals surface area (Å²) in [4.78, 5) is 18.9. The second kappa shape index (κ2) is 8.98. The van der Waals surface area contributed by atoms with Crippen molar-refractivity contribution in [2.24, 2.45) is 5.92 Å². The monoisotopic (exact) mass is 406 g/mol. The lowest BCUT2D eigenvalue weighted by Gasteiger charge is -2.17. The molecule has 1 unspecified atom stereocenters. The zero-order valence-corrected chi connectivity index (χ0v) is 17.3. The smallest absolute Gasteiger partial charge is 0.317 e. The number of amides is 2. The molecule has 1 atom stereocenters. The van der Waals surface area contributed by atoms with Gasteiger partial charge in [-0.05, 0) is 49.1 Å². The van der Waals surface area contributed by atoms with Crippen molar-refractivity contribution in [2.75, 3.05) is 20.2 Å². The summed E-state index contributed by atoms with van der Waals surface area (Å²) in [5.74, 6) is 2.28. The van der Waals surface area contributed by atoms with Crippen molar-refractivity contribution in [1.82, 2.24) is 20.4 Å². The maximum Gasteiger partial charge on any atom is 0.317 e. The van der Waals surface area contributed by atoms with Crippen molar-refractivity contribution < 1.29 is 14.1 Å². The number of aromatic nitrogens is 2. The van der Waals surface area contributed by atoms with Gasteiger partial charge in [0.15, 0.2) is 5.82 Å². The third kappa shape index (κ3) is 4.79. The summed E-state index contributed by atoms with van der Waals surface area (Å²) in [6, 6.07) is 15.7. The van der Waals surface area contributed by atoms with Crippen molar-refractivity contribution in [3.63, 3.8) is 0 Å². The summed E-state index contributed by atoms with van der Waals surface area (Å²) in [6.07, 6.45) is 1.63. The van der Waals surface area contributed by atoms with Gasteiger partial charge in [-0.15, -0.1) is 0 Å². The van der Waals surface area contributed by atoms with E-state index in [1.54, 1.807) is 7.11 Å². The molecule has 7 heteroatoms. The molecule has 0 spiro atoms. The molecule has 0 saturated carbocycles. The Morgan fingerprint density at radius 1 is 1.20 bits per heavy atom. The molecule has 2 heterocycles. The Morgan fingerprint density at radius 2 is 1.97 bits per heavy atom. The van der Waals surface area contributed by atoms with Gasteiger partial charge in [-0.1, -0.05) is 35.0 Å². The predicted molar refractivity (Wildman–Crippen MR) is 113 cm³/mol. The van der Waals surface area contributed by atoms with Gasteiger partial charge in [-0.25, -0.2) is 4.79 Å². The SMILES string of the molecule is COc1ccc(-c2nc(CC3CCN(C(=O)NCc4ccc(C)cc4)C3)no2)cc1. The van der Waals surface area contributed by atoms with Gasteiger partial charge in [0.05, 0.1) is 7.11 Å². The molecule has 156 valence electrons. The molecule has 1 aliphatic rings. The highest BCUT2D eigenvalue weighted by atomic mass is 16.5. The number of hydrogen-bond acceptors (Lipinski definition) is 5. The Kier molecular flexibility index (Phi) is 5.97. The van der Waals surface area contributed by atoms with Crippen molar-refractivity contribution in [3.05, 3.63) is 65.5 Å². The molecule has 2 aromatic carbocycles. The molecule has 2 amide bonds. The van der Waals surface area contributed by atoms with Gasteiger partial charge < -0.3 is 19.5 Å². The first-order chi connectivity index (χ1) is 14.6. The summed E-state index contributed by atoms with van der Waals surface area (Å²) in [6.45, 7) is 4.03. The highest BCUT2D eigenvalue weighted by Crippen LogP contribution is 2.23. The van der Waals surface area contributed by atoms with Gasteiger partial charge in [0.2, 0.25) is 0 Å². The van der Waals surface area contributed by atoms with Crippen molar-refractivity contribution in [1.29, 1.82) is 0 Å². The van der Waals surface area contributed by atoms with Gasteiger partial charge in [0, 0.05) is 31.6 Å². The molecule has 30 heavy (non-hydrogen) atoms. The molecule has 1 fully saturated rings. The first-order valence-corrected chi connectivity index (χ1v) is 10.2. The maximum absolute atomic E-state index is 12.5. The molecule has 3 aromatic rings. The second-order valence-corrected chi connectivity index (χ2v) is 7.69. The first-order valence-electron chi connectivity index (χ1n) is 10.2. The molecule has 0 aliphatic carbocycles. The number of methoxy groups -OCH3 is 1. The minimum atomic E-state index is -0.0230. The van der Waals surface area contributed by atoms with Crippen LogP contribution >= 0.6 is 0 Å². The third-order valence-corrected chi connectivity index (χ3v) is 5.41. The summed E-state index contributed by atoms with van der Waals surface area (Å²) in [5, 5.41) is 7.12. The summed E-state index contributed by atoms with van der Waals surface area (Å²) in [5.41, 5.74) is 3.17. The van der Waals surface area contributed by atoms with Crippen LogP contribution in [0.5, 0.6) is 5.75 Å². The number of nitrogens with zero attached hydrogens (tertiary/aromatic N) is 3. The van der Waals surface area contributed by atoms with Crippen LogP contribution in [-0.2, 0) is 13.0 Å². The van der Waals surface area contributed by atoms with E-state index in [4.69, 9.17) is 9.26 Å². The normalized spacial score (nSPS) is 15.9. The zero-order chi connectivity index (χ0) is 20.9. The fourth-order valence-electron chi connectivity index (χ4n) is 3.63. The fourth-order valence-corrected chi connectivity index (χ4v) is 3.63. The highest BCUT2D eigenvalue weighted by molar-refractivity contribution is 5.74. The lowest BCUT2D eigenvalue weighted by molar-refractivity contribution is 0.206. The molecule has 0 radical (unpaired) electrons. The Morgan fingerprint density at radius 3 is 2.70 bits per heavy atom. The van der Waals surface area contributed by atoms with Crippen LogP contribution in [0.4, 0.5) is 4.79 Å². The number of aryl methyl sites for hydroxylation is 1. The zero-order valence-electron chi connectivity index (χ0n) is 17.3. The van der Waals surface area contributed by atoms with Crippen LogP contribution in [0.3, 0.4) is 0 Å². The van der Waals surface area contributed by atoms with E-state index in [1.807, 2.05) is 41.3 Å². The van der Waals surface area contributed by atoms with Gasteiger partial charge in [-0.2, -0.15) is 4.98 Å². The highest BCUT2D eigenvalue weighted by Gasteiger charge is 2.27. The van der Waals surface area contributed by atoms with Gasteiger partial charge in [-0.3, -0.25) is 0 Å². The van der Waals surface area contributed by atoms with Crippen molar-refractivity contribution >= 4 is 6.03 Å². The Labute approximate surface area is 176 Å². The molecule has 0 bridgehead atoms. The second-order valence-electron chi connectivity index (χ2n) is 7.69. The van der Waals surface area contributed by atoms with Crippen LogP contribution in [0, 0.1) is 12.8 Å². The Hall–Kier alpha value is -3.35. The molecular weight excluding hydrogens is 380 g/mol. The standard InChI is InChI=1S/C23H26N4O3/c1-16-3-5-17(6-4-16)14-24-23(28)27-12-11-18(15-27)13-21-25-22(30-26-21)19-7-9-20(29-2)10-8-19/h3-10,18H,11-15H2,1-2H3,(H,24,28). The number of rotatable bonds is 6. The molecule has 1 saturated heterocycles. The average molecular weight is 406 g/mol. The van der Waals surface area contributed by atoms with Crippen LogP contribution in [0.1, 0.15) is 23.4 Å². The molecule has 1 aromatic heterocycles. The van der Waals surface area contributed by atoms with Crippen LogP contribution in [0.25, 0.3) is 11.5 Å². The molecule has 1 aliphatic heterocycles. The van der Waals surface area contributed by atoms with E-state index in [9.17, 15) is 4.79 Å². The predicted octanol–water partition coefficient (Wildman–Crippen LogP) is 3.83. The molecular formula is C23H26N4O3. The van der Waals surface area contributed by atoms with E-state index < -0.39 is 0 Å². The number of benzene rings is 2. The number of carbonyl (C=O) groups excluding carboxylic acids is 1. The first kappa shape index (κ1) is 19.9. The van der Waals surface area contributed by atoms with Crippen LogP contribution in [0.15, 0.2) is 53.1 Å². The van der Waals surface area contributed by atoms with E-state index in [0.29, 0.717) is 37.1 Å². The summed E-state index contributed by atoms with van der Waals surface area (Å²) >= 11 is 0. The van der Waals surface area contributed by atoms with E-state index in [0.717, 1.165) is 29.8 Å². The van der Waals surface area contributed by atoms with E-state index in [2.05, 4.69) is 34.5 Å². The van der Waals surface area contributed by atoms with E-state index in [-0.39, 0.29) is 6.03 Å². The molecule has 4 rings (SSSR count). The Balaban J connectivity index is 1.28. The van der Waals surface area contributed by atoms with Gasteiger partial charge >= 0.3 is 6.03 Å². The molecule has 7 nitrogen and oxygen atoms in total. The quantitative estimate of drug-likeness (QED) is 0.673. The number of ether oxygens (including phenoxy) is 1. The van der Waals surface area contributed by atoms with Crippen LogP contribution < -0.4 is 10.1 Å². The number of urea groups is 1. The third-order valence-electron chi connectivity index (χ3n) is 5.41. The largest absolute Gasteiger partial charge is 0.497 e. The Bertz CT molecular complexity index is 982. The number of carbonyl (C=O) groups is 1. The average Bonchev–Trinajstić information content (AvgIpc) is 3.43. The van der Waals surface area contributed by atoms with Crippen LogP contribution in [-0.4, -0.2) is 41.3 Å². The minimum Gasteiger partial charge on any atom is -0.497 e. The van der Waals surface area contributed by atoms with Crippen LogP contribution in [0.2, 0.25) is 0 Å². The van der Waals surface area contributed by atoms with Gasteiger partial charge in [0.25, 0.3) is 5.89 Å². The number of hydrogen-bond donors (Lipinski definition) is 1. The maximum atomic E-state index is 12.5. The summed E-state index contributed by atoms with van der Waals surface area (Å²) < 4.78 is 10.6. The lowest BCUT2D eigenvalue weighted by atomic mass is 10.1. The molecule has 1 N–H and O–H groups in total. The van der Waals surface area contributed by atoms with Crippen molar-refractivity contribution in [3.8, 4) is 17.2 Å². The van der Waals surface area contributed by atoms with Gasteiger partial charge in [0.1, 0.15) is 5.75 Å². The number of nitrogens with one attached hydrogen (secondary N) is 1. The fraction of sp³-hybridized carbons (Fsp3) is 0.348. The van der Waals surface area contributed by atoms with Crippen molar-refractivity contribution in [2.45, 2.75) is 26.3 Å². The lowest BCUT2D eigenvalue weighted by Crippen LogP contribution is -2.38. The van der Waals surface area contributed by atoms with E-state index >= 15 is 0 Å². The topological polar surface area (TPSA) is 80.5 Å².